The smallest absolute Gasteiger partial charge is 0.133 e. The van der Waals surface area contributed by atoms with Crippen molar-refractivity contribution in [2.24, 2.45) is 5.92 Å². The lowest BCUT2D eigenvalue weighted by Crippen LogP contribution is -2.42. The van der Waals surface area contributed by atoms with E-state index in [1.165, 1.54) is 0 Å². The predicted molar refractivity (Wildman–Crippen MR) is 75.9 cm³/mol. The molecule has 1 aliphatic rings. The molecule has 18 heavy (non-hydrogen) atoms. The van der Waals surface area contributed by atoms with Crippen molar-refractivity contribution in [3.05, 3.63) is 28.2 Å². The Balaban J connectivity index is 2.25. The van der Waals surface area contributed by atoms with E-state index in [1.807, 2.05) is 25.1 Å². The molecule has 1 aromatic carbocycles. The Labute approximate surface area is 117 Å². The van der Waals surface area contributed by atoms with Crippen molar-refractivity contribution in [1.82, 2.24) is 5.32 Å². The van der Waals surface area contributed by atoms with Crippen LogP contribution in [0, 0.1) is 5.92 Å². The van der Waals surface area contributed by atoms with Gasteiger partial charge in [-0.25, -0.2) is 0 Å². The van der Waals surface area contributed by atoms with Crippen molar-refractivity contribution in [2.45, 2.75) is 25.4 Å². The Kier molecular flexibility index (Phi) is 4.30. The largest absolute Gasteiger partial charge is 0.496 e. The van der Waals surface area contributed by atoms with E-state index in [0.717, 1.165) is 41.7 Å². The summed E-state index contributed by atoms with van der Waals surface area (Å²) in [6.07, 6.45) is 2.18. The molecule has 0 spiro atoms. The van der Waals surface area contributed by atoms with E-state index in [9.17, 15) is 5.11 Å². The Morgan fingerprint density at radius 3 is 2.83 bits per heavy atom. The van der Waals surface area contributed by atoms with E-state index in [1.54, 1.807) is 7.11 Å². The average molecular weight is 314 g/mol. The van der Waals surface area contributed by atoms with E-state index in [4.69, 9.17) is 4.74 Å². The highest BCUT2D eigenvalue weighted by molar-refractivity contribution is 9.10. The molecule has 0 bridgehead atoms. The second-order valence-corrected chi connectivity index (χ2v) is 5.89. The van der Waals surface area contributed by atoms with Gasteiger partial charge in [0.1, 0.15) is 5.75 Å². The number of hydrogen-bond donors (Lipinski definition) is 2. The third-order valence-electron chi connectivity index (χ3n) is 3.83. The zero-order chi connectivity index (χ0) is 13.2. The van der Waals surface area contributed by atoms with Gasteiger partial charge >= 0.3 is 0 Å². The first-order chi connectivity index (χ1) is 8.55. The number of rotatable bonds is 3. The third kappa shape index (κ3) is 2.71. The highest BCUT2D eigenvalue weighted by atomic mass is 79.9. The minimum atomic E-state index is -0.803. The molecule has 2 N–H and O–H groups in total. The molecular formula is C14H20BrNO2. The molecule has 1 aromatic rings. The van der Waals surface area contributed by atoms with Crippen LogP contribution in [0.4, 0.5) is 0 Å². The fourth-order valence-corrected chi connectivity index (χ4v) is 3.09. The van der Waals surface area contributed by atoms with Crippen LogP contribution >= 0.6 is 15.9 Å². The summed E-state index contributed by atoms with van der Waals surface area (Å²) in [5, 5.41) is 14.1. The van der Waals surface area contributed by atoms with Crippen molar-refractivity contribution < 1.29 is 9.84 Å². The molecule has 0 radical (unpaired) electrons. The number of halogens is 1. The monoisotopic (exact) mass is 313 g/mol. The van der Waals surface area contributed by atoms with Crippen LogP contribution in [0.15, 0.2) is 22.7 Å². The Hall–Kier alpha value is -0.580. The number of nitrogens with one attached hydrogen (secondary N) is 1. The molecule has 1 fully saturated rings. The van der Waals surface area contributed by atoms with Gasteiger partial charge in [0, 0.05) is 12.5 Å². The maximum atomic E-state index is 10.8. The maximum Gasteiger partial charge on any atom is 0.133 e. The number of piperidine rings is 1. The molecule has 2 rings (SSSR count). The minimum absolute atomic E-state index is 0.256. The van der Waals surface area contributed by atoms with Crippen molar-refractivity contribution in [3.63, 3.8) is 0 Å². The third-order valence-corrected chi connectivity index (χ3v) is 4.45. The fraction of sp³-hybridized carbons (Fsp3) is 0.571. The standard InChI is InChI=1S/C14H20BrNO2/c1-14(17,11-4-3-7-16-9-11)10-5-6-13(18-2)12(15)8-10/h5-6,8,11,16-17H,3-4,7,9H2,1-2H3. The molecule has 1 saturated heterocycles. The molecule has 4 heteroatoms. The SMILES string of the molecule is COc1ccc(C(C)(O)C2CCCNC2)cc1Br. The summed E-state index contributed by atoms with van der Waals surface area (Å²) in [6.45, 7) is 3.83. The Bertz CT molecular complexity index is 414. The summed E-state index contributed by atoms with van der Waals surface area (Å²) in [4.78, 5) is 0. The Morgan fingerprint density at radius 1 is 1.50 bits per heavy atom. The van der Waals surface area contributed by atoms with Gasteiger partial charge in [0.15, 0.2) is 0 Å². The van der Waals surface area contributed by atoms with Crippen molar-refractivity contribution in [3.8, 4) is 5.75 Å². The van der Waals surface area contributed by atoms with Gasteiger partial charge in [0.25, 0.3) is 0 Å². The van der Waals surface area contributed by atoms with Crippen LogP contribution in [0.5, 0.6) is 5.75 Å². The minimum Gasteiger partial charge on any atom is -0.496 e. The first-order valence-electron chi connectivity index (χ1n) is 6.33. The Morgan fingerprint density at radius 2 is 2.28 bits per heavy atom. The number of hydrogen-bond acceptors (Lipinski definition) is 3. The quantitative estimate of drug-likeness (QED) is 0.901. The summed E-state index contributed by atoms with van der Waals surface area (Å²) in [7, 11) is 1.64. The number of methoxy groups -OCH3 is 1. The van der Waals surface area contributed by atoms with Crippen LogP contribution in [0.1, 0.15) is 25.3 Å². The normalized spacial score (nSPS) is 23.4. The molecule has 1 aliphatic heterocycles. The molecule has 100 valence electrons. The van der Waals surface area contributed by atoms with E-state index >= 15 is 0 Å². The van der Waals surface area contributed by atoms with Crippen LogP contribution in [-0.2, 0) is 5.60 Å². The fourth-order valence-electron chi connectivity index (χ4n) is 2.55. The summed E-state index contributed by atoms with van der Waals surface area (Å²) < 4.78 is 6.10. The maximum absolute atomic E-state index is 10.8. The highest BCUT2D eigenvalue weighted by Crippen LogP contribution is 2.36. The summed E-state index contributed by atoms with van der Waals surface area (Å²) in [6, 6.07) is 5.79. The van der Waals surface area contributed by atoms with Crippen LogP contribution in [0.25, 0.3) is 0 Å². The first kappa shape index (κ1) is 13.8. The van der Waals surface area contributed by atoms with E-state index in [-0.39, 0.29) is 5.92 Å². The van der Waals surface area contributed by atoms with Gasteiger partial charge in [0.2, 0.25) is 0 Å². The molecule has 1 heterocycles. The van der Waals surface area contributed by atoms with Gasteiger partial charge in [-0.1, -0.05) is 6.07 Å². The summed E-state index contributed by atoms with van der Waals surface area (Å²) in [5.41, 5.74) is 0.131. The van der Waals surface area contributed by atoms with E-state index in [2.05, 4.69) is 21.2 Å². The molecule has 3 nitrogen and oxygen atoms in total. The van der Waals surface area contributed by atoms with Crippen LogP contribution in [0.2, 0.25) is 0 Å². The second-order valence-electron chi connectivity index (χ2n) is 5.04. The molecule has 0 aliphatic carbocycles. The lowest BCUT2D eigenvalue weighted by atomic mass is 9.79. The van der Waals surface area contributed by atoms with Gasteiger partial charge in [0.05, 0.1) is 17.2 Å². The van der Waals surface area contributed by atoms with Crippen LogP contribution in [-0.4, -0.2) is 25.3 Å². The average Bonchev–Trinajstić information content (AvgIpc) is 2.39. The van der Waals surface area contributed by atoms with Gasteiger partial charge in [-0.2, -0.15) is 0 Å². The lowest BCUT2D eigenvalue weighted by molar-refractivity contribution is -0.0157. The summed E-state index contributed by atoms with van der Waals surface area (Å²) in [5.74, 6) is 1.04. The van der Waals surface area contributed by atoms with Crippen LogP contribution < -0.4 is 10.1 Å². The van der Waals surface area contributed by atoms with Crippen molar-refractivity contribution in [1.29, 1.82) is 0 Å². The van der Waals surface area contributed by atoms with Gasteiger partial charge < -0.3 is 15.2 Å². The zero-order valence-corrected chi connectivity index (χ0v) is 12.5. The lowest BCUT2D eigenvalue weighted by Gasteiger charge is -2.36. The number of ether oxygens (including phenoxy) is 1. The zero-order valence-electron chi connectivity index (χ0n) is 10.9. The van der Waals surface area contributed by atoms with E-state index in [0.29, 0.717) is 0 Å². The number of benzene rings is 1. The van der Waals surface area contributed by atoms with Gasteiger partial charge in [-0.15, -0.1) is 0 Å². The molecular weight excluding hydrogens is 294 g/mol. The highest BCUT2D eigenvalue weighted by Gasteiger charge is 2.34. The van der Waals surface area contributed by atoms with Crippen LogP contribution in [0.3, 0.4) is 0 Å². The van der Waals surface area contributed by atoms with E-state index < -0.39 is 5.60 Å². The number of aliphatic hydroxyl groups is 1. The molecule has 2 unspecified atom stereocenters. The molecule has 0 aromatic heterocycles. The molecule has 2 atom stereocenters. The van der Waals surface area contributed by atoms with Gasteiger partial charge in [-0.3, -0.25) is 0 Å². The second kappa shape index (κ2) is 5.59. The molecule has 0 saturated carbocycles. The summed E-state index contributed by atoms with van der Waals surface area (Å²) >= 11 is 3.47. The molecule has 0 amide bonds. The topological polar surface area (TPSA) is 41.5 Å². The first-order valence-corrected chi connectivity index (χ1v) is 7.12. The van der Waals surface area contributed by atoms with Crippen molar-refractivity contribution >= 4 is 15.9 Å². The van der Waals surface area contributed by atoms with Crippen molar-refractivity contribution in [2.75, 3.05) is 20.2 Å². The van der Waals surface area contributed by atoms with Gasteiger partial charge in [-0.05, 0) is 59.9 Å². The predicted octanol–water partition coefficient (Wildman–Crippen LogP) is 2.66.